The molecule has 1 fully saturated rings. The fourth-order valence-electron chi connectivity index (χ4n) is 3.18. The minimum Gasteiger partial charge on any atom is -0.438 e. The number of rotatable bonds is 2. The predicted molar refractivity (Wildman–Crippen MR) is 88.4 cm³/mol. The molecule has 0 radical (unpaired) electrons. The first-order chi connectivity index (χ1) is 11.7. The minimum atomic E-state index is -0.145. The van der Waals surface area contributed by atoms with Crippen LogP contribution >= 0.6 is 0 Å². The van der Waals surface area contributed by atoms with Gasteiger partial charge in [0, 0.05) is 12.2 Å². The molecule has 1 atom stereocenters. The van der Waals surface area contributed by atoms with E-state index in [1.165, 1.54) is 6.33 Å². The molecule has 24 heavy (non-hydrogen) atoms. The summed E-state index contributed by atoms with van der Waals surface area (Å²) < 4.78 is 5.91. The fourth-order valence-corrected chi connectivity index (χ4v) is 3.18. The van der Waals surface area contributed by atoms with Crippen molar-refractivity contribution in [3.63, 3.8) is 0 Å². The number of carbonyl (C=O) groups excluding carboxylic acids is 1. The summed E-state index contributed by atoms with van der Waals surface area (Å²) in [7, 11) is 0. The first-order valence-electron chi connectivity index (χ1n) is 8.17. The fraction of sp³-hybridized carbons (Fsp3) is 0.333. The zero-order chi connectivity index (χ0) is 16.5. The van der Waals surface area contributed by atoms with Crippen LogP contribution in [0.15, 0.2) is 41.1 Å². The van der Waals surface area contributed by atoms with E-state index in [1.807, 2.05) is 36.1 Å². The second-order valence-corrected chi connectivity index (χ2v) is 6.07. The van der Waals surface area contributed by atoms with E-state index in [0.717, 1.165) is 36.1 Å². The maximum Gasteiger partial charge on any atom is 0.273 e. The third-order valence-corrected chi connectivity index (χ3v) is 4.38. The van der Waals surface area contributed by atoms with Crippen molar-refractivity contribution in [2.24, 2.45) is 0 Å². The molecule has 1 aromatic carbocycles. The summed E-state index contributed by atoms with van der Waals surface area (Å²) in [5, 5.41) is 0. The lowest BCUT2D eigenvalue weighted by Gasteiger charge is -2.33. The van der Waals surface area contributed by atoms with Crippen LogP contribution in [0.4, 0.5) is 0 Å². The number of para-hydroxylation sites is 2. The van der Waals surface area contributed by atoms with Crippen molar-refractivity contribution >= 4 is 17.0 Å². The van der Waals surface area contributed by atoms with E-state index in [9.17, 15) is 4.79 Å². The monoisotopic (exact) mass is 322 g/mol. The zero-order valence-electron chi connectivity index (χ0n) is 13.5. The molecular formula is C18H18N4O2. The molecule has 1 unspecified atom stereocenters. The predicted octanol–water partition coefficient (Wildman–Crippen LogP) is 3.29. The molecule has 3 aromatic rings. The molecule has 0 bridgehead atoms. The second-order valence-electron chi connectivity index (χ2n) is 6.07. The summed E-state index contributed by atoms with van der Waals surface area (Å²) in [6.07, 6.45) is 4.31. The van der Waals surface area contributed by atoms with Gasteiger partial charge in [0.25, 0.3) is 5.91 Å². The van der Waals surface area contributed by atoms with Gasteiger partial charge < -0.3 is 9.32 Å². The number of piperidine rings is 1. The highest BCUT2D eigenvalue weighted by Gasteiger charge is 2.32. The van der Waals surface area contributed by atoms with Gasteiger partial charge in [-0.25, -0.2) is 15.0 Å². The Morgan fingerprint density at radius 3 is 2.96 bits per heavy atom. The van der Waals surface area contributed by atoms with Crippen molar-refractivity contribution in [2.75, 3.05) is 6.54 Å². The molecule has 1 aliphatic rings. The van der Waals surface area contributed by atoms with Gasteiger partial charge in [0.15, 0.2) is 5.58 Å². The topological polar surface area (TPSA) is 72.1 Å². The van der Waals surface area contributed by atoms with Crippen LogP contribution in [0.3, 0.4) is 0 Å². The Morgan fingerprint density at radius 2 is 2.12 bits per heavy atom. The molecule has 6 nitrogen and oxygen atoms in total. The molecule has 0 saturated carbocycles. The van der Waals surface area contributed by atoms with Crippen LogP contribution in [-0.4, -0.2) is 32.3 Å². The lowest BCUT2D eigenvalue weighted by molar-refractivity contribution is 0.0568. The summed E-state index contributed by atoms with van der Waals surface area (Å²) in [5.74, 6) is 0.516. The highest BCUT2D eigenvalue weighted by Crippen LogP contribution is 2.33. The Kier molecular flexibility index (Phi) is 3.72. The number of aromatic nitrogens is 3. The van der Waals surface area contributed by atoms with Gasteiger partial charge >= 0.3 is 0 Å². The van der Waals surface area contributed by atoms with Gasteiger partial charge in [-0.2, -0.15) is 0 Å². The molecule has 1 saturated heterocycles. The minimum absolute atomic E-state index is 0.0903. The highest BCUT2D eigenvalue weighted by atomic mass is 16.3. The summed E-state index contributed by atoms with van der Waals surface area (Å²) in [5.41, 5.74) is 2.78. The van der Waals surface area contributed by atoms with Crippen LogP contribution in [0.25, 0.3) is 11.1 Å². The van der Waals surface area contributed by atoms with Gasteiger partial charge in [-0.3, -0.25) is 4.79 Å². The van der Waals surface area contributed by atoms with Crippen molar-refractivity contribution < 1.29 is 9.21 Å². The molecule has 0 spiro atoms. The SMILES string of the molecule is Cc1cc(C(=O)N2CCCCC2c2nc3ccccc3o2)ncn1. The van der Waals surface area contributed by atoms with Gasteiger partial charge in [-0.05, 0) is 44.4 Å². The number of benzene rings is 1. The lowest BCUT2D eigenvalue weighted by Crippen LogP contribution is -2.39. The van der Waals surface area contributed by atoms with E-state index in [2.05, 4.69) is 15.0 Å². The van der Waals surface area contributed by atoms with Crippen molar-refractivity contribution in [1.82, 2.24) is 19.9 Å². The van der Waals surface area contributed by atoms with E-state index in [-0.39, 0.29) is 11.9 Å². The van der Waals surface area contributed by atoms with Crippen LogP contribution in [-0.2, 0) is 0 Å². The highest BCUT2D eigenvalue weighted by molar-refractivity contribution is 5.92. The molecule has 1 amide bonds. The van der Waals surface area contributed by atoms with Crippen molar-refractivity contribution in [1.29, 1.82) is 0 Å². The first kappa shape index (κ1) is 14.8. The molecule has 4 rings (SSSR count). The van der Waals surface area contributed by atoms with Crippen LogP contribution in [0.1, 0.15) is 47.4 Å². The number of aryl methyl sites for hydroxylation is 1. The molecule has 122 valence electrons. The number of fused-ring (bicyclic) bond motifs is 1. The number of likely N-dealkylation sites (tertiary alicyclic amines) is 1. The second kappa shape index (κ2) is 6.03. The molecule has 0 aliphatic carbocycles. The van der Waals surface area contributed by atoms with Crippen LogP contribution in [0.2, 0.25) is 0 Å². The summed E-state index contributed by atoms with van der Waals surface area (Å²) in [6, 6.07) is 9.25. The van der Waals surface area contributed by atoms with E-state index in [1.54, 1.807) is 6.07 Å². The number of hydrogen-bond donors (Lipinski definition) is 0. The van der Waals surface area contributed by atoms with Crippen LogP contribution in [0, 0.1) is 6.92 Å². The Morgan fingerprint density at radius 1 is 1.25 bits per heavy atom. The van der Waals surface area contributed by atoms with Gasteiger partial charge in [0.1, 0.15) is 23.6 Å². The van der Waals surface area contributed by atoms with Gasteiger partial charge in [-0.15, -0.1) is 0 Å². The molecule has 1 aliphatic heterocycles. The average Bonchev–Trinajstić information content (AvgIpc) is 3.05. The first-order valence-corrected chi connectivity index (χ1v) is 8.17. The van der Waals surface area contributed by atoms with Gasteiger partial charge in [-0.1, -0.05) is 12.1 Å². The van der Waals surface area contributed by atoms with Crippen LogP contribution in [0.5, 0.6) is 0 Å². The lowest BCUT2D eigenvalue weighted by atomic mass is 10.0. The number of hydrogen-bond acceptors (Lipinski definition) is 5. The number of oxazole rings is 1. The Hall–Kier alpha value is -2.76. The molecule has 2 aromatic heterocycles. The number of nitrogens with zero attached hydrogens (tertiary/aromatic N) is 4. The normalized spacial score (nSPS) is 18.0. The largest absolute Gasteiger partial charge is 0.438 e. The Balaban J connectivity index is 1.69. The quantitative estimate of drug-likeness (QED) is 0.724. The molecular weight excluding hydrogens is 304 g/mol. The summed E-state index contributed by atoms with van der Waals surface area (Å²) in [6.45, 7) is 2.54. The molecule has 3 heterocycles. The van der Waals surface area contributed by atoms with Crippen LogP contribution < -0.4 is 0 Å². The summed E-state index contributed by atoms with van der Waals surface area (Å²) >= 11 is 0. The standard InChI is InChI=1S/C18H18N4O2/c1-12-10-14(20-11-19-12)18(23)22-9-5-4-7-15(22)17-21-13-6-2-3-8-16(13)24-17/h2-3,6,8,10-11,15H,4-5,7,9H2,1H3. The Labute approximate surface area is 139 Å². The average molecular weight is 322 g/mol. The van der Waals surface area contributed by atoms with E-state index in [4.69, 9.17) is 4.42 Å². The summed E-state index contributed by atoms with van der Waals surface area (Å²) in [4.78, 5) is 27.5. The number of carbonyl (C=O) groups is 1. The van der Waals surface area contributed by atoms with Crippen molar-refractivity contribution in [3.8, 4) is 0 Å². The third kappa shape index (κ3) is 2.64. The Bertz CT molecular complexity index is 856. The van der Waals surface area contributed by atoms with Gasteiger partial charge in [0.2, 0.25) is 5.89 Å². The maximum atomic E-state index is 12.9. The smallest absolute Gasteiger partial charge is 0.273 e. The van der Waals surface area contributed by atoms with E-state index in [0.29, 0.717) is 18.1 Å². The van der Waals surface area contributed by atoms with Gasteiger partial charge in [0.05, 0.1) is 0 Å². The third-order valence-electron chi connectivity index (χ3n) is 4.38. The van der Waals surface area contributed by atoms with E-state index >= 15 is 0 Å². The molecule has 6 heteroatoms. The van der Waals surface area contributed by atoms with Crippen molar-refractivity contribution in [3.05, 3.63) is 53.9 Å². The maximum absolute atomic E-state index is 12.9. The van der Waals surface area contributed by atoms with E-state index < -0.39 is 0 Å². The zero-order valence-corrected chi connectivity index (χ0v) is 13.5. The van der Waals surface area contributed by atoms with Crippen molar-refractivity contribution in [2.45, 2.75) is 32.2 Å². The number of amides is 1. The molecule has 0 N–H and O–H groups in total.